The maximum absolute atomic E-state index is 12.5. The number of carbonyl (C=O) groups excluding carboxylic acids is 1. The minimum atomic E-state index is -5.02. The summed E-state index contributed by atoms with van der Waals surface area (Å²) in [7, 11) is 0. The van der Waals surface area contributed by atoms with Gasteiger partial charge in [0.1, 0.15) is 5.75 Å². The molecule has 3 nitrogen and oxygen atoms in total. The minimum absolute atomic E-state index is 0.0694. The molecule has 0 saturated carbocycles. The van der Waals surface area contributed by atoms with E-state index in [2.05, 4.69) is 0 Å². The first-order valence-corrected chi connectivity index (χ1v) is 7.39. The Labute approximate surface area is 138 Å². The fourth-order valence-electron chi connectivity index (χ4n) is 2.19. The molecule has 0 bridgehead atoms. The number of hydrogen-bond donors (Lipinski definition) is 2. The molecule has 1 amide bonds. The molecule has 130 valence electrons. The van der Waals surface area contributed by atoms with Crippen LogP contribution in [0.5, 0.6) is 5.75 Å². The Morgan fingerprint density at radius 3 is 1.91 bits per heavy atom. The summed E-state index contributed by atoms with van der Waals surface area (Å²) in [6, 6.07) is 1.29. The summed E-state index contributed by atoms with van der Waals surface area (Å²) in [5, 5.41) is 12.2. The molecule has 0 aliphatic heterocycles. The van der Waals surface area contributed by atoms with Crippen molar-refractivity contribution in [1.29, 1.82) is 0 Å². The molecular formula is C16H21ClF3NO2. The second-order valence-electron chi connectivity index (χ2n) is 7.46. The second-order valence-corrected chi connectivity index (χ2v) is 7.84. The van der Waals surface area contributed by atoms with Gasteiger partial charge in [-0.05, 0) is 16.9 Å². The standard InChI is InChI=1S/C16H21ClF3NO2/c1-14(2,3)8-7-9(21-13(23)16(18,19)20)11(17)10(12(8)22)15(4,5)6/h7,22H,1-6H3,(H,21,23). The summed E-state index contributed by atoms with van der Waals surface area (Å²) in [5.41, 5.74) is -0.637. The highest BCUT2D eigenvalue weighted by molar-refractivity contribution is 6.35. The van der Waals surface area contributed by atoms with Crippen LogP contribution in [0.2, 0.25) is 5.02 Å². The average Bonchev–Trinajstić information content (AvgIpc) is 2.27. The number of benzene rings is 1. The quantitative estimate of drug-likeness (QED) is 0.688. The van der Waals surface area contributed by atoms with Crippen LogP contribution in [0.1, 0.15) is 52.7 Å². The number of aromatic hydroxyl groups is 1. The summed E-state index contributed by atoms with van der Waals surface area (Å²) in [6.07, 6.45) is -5.02. The largest absolute Gasteiger partial charge is 0.507 e. The summed E-state index contributed by atoms with van der Waals surface area (Å²) in [4.78, 5) is 11.2. The van der Waals surface area contributed by atoms with Crippen molar-refractivity contribution in [3.05, 3.63) is 22.2 Å². The fourth-order valence-corrected chi connectivity index (χ4v) is 2.66. The maximum Gasteiger partial charge on any atom is 0.471 e. The van der Waals surface area contributed by atoms with E-state index in [0.29, 0.717) is 11.1 Å². The van der Waals surface area contributed by atoms with Gasteiger partial charge in [0.2, 0.25) is 0 Å². The van der Waals surface area contributed by atoms with Gasteiger partial charge < -0.3 is 10.4 Å². The summed E-state index contributed by atoms with van der Waals surface area (Å²) in [5.74, 6) is -2.18. The molecule has 0 aliphatic rings. The third kappa shape index (κ3) is 4.31. The molecule has 0 heterocycles. The first kappa shape index (κ1) is 19.6. The Kier molecular flexibility index (Phi) is 5.02. The molecule has 2 N–H and O–H groups in total. The van der Waals surface area contributed by atoms with Crippen molar-refractivity contribution in [3.63, 3.8) is 0 Å². The molecular weight excluding hydrogens is 331 g/mol. The number of alkyl halides is 3. The van der Waals surface area contributed by atoms with Crippen molar-refractivity contribution in [2.75, 3.05) is 5.32 Å². The third-order valence-corrected chi connectivity index (χ3v) is 3.69. The third-order valence-electron chi connectivity index (χ3n) is 3.30. The minimum Gasteiger partial charge on any atom is -0.507 e. The van der Waals surface area contributed by atoms with E-state index in [0.717, 1.165) is 0 Å². The number of halogens is 4. The zero-order valence-electron chi connectivity index (χ0n) is 13.9. The number of anilines is 1. The van der Waals surface area contributed by atoms with Gasteiger partial charge in [-0.2, -0.15) is 13.2 Å². The van der Waals surface area contributed by atoms with E-state index in [1.54, 1.807) is 46.9 Å². The first-order valence-electron chi connectivity index (χ1n) is 7.01. The van der Waals surface area contributed by atoms with Crippen LogP contribution in [0.3, 0.4) is 0 Å². The van der Waals surface area contributed by atoms with E-state index in [9.17, 15) is 23.1 Å². The Balaban J connectivity index is 3.63. The first-order chi connectivity index (χ1) is 10.1. The van der Waals surface area contributed by atoms with Crippen LogP contribution < -0.4 is 5.32 Å². The molecule has 7 heteroatoms. The lowest BCUT2D eigenvalue weighted by molar-refractivity contribution is -0.167. The van der Waals surface area contributed by atoms with Crippen molar-refractivity contribution in [1.82, 2.24) is 0 Å². The molecule has 1 aromatic rings. The Hall–Kier alpha value is -1.43. The topological polar surface area (TPSA) is 49.3 Å². The molecule has 0 unspecified atom stereocenters. The monoisotopic (exact) mass is 351 g/mol. The Bertz CT molecular complexity index is 626. The van der Waals surface area contributed by atoms with Gasteiger partial charge in [0.05, 0.1) is 10.7 Å². The van der Waals surface area contributed by atoms with Gasteiger partial charge >= 0.3 is 12.1 Å². The van der Waals surface area contributed by atoms with Crippen LogP contribution in [0.4, 0.5) is 18.9 Å². The maximum atomic E-state index is 12.5. The van der Waals surface area contributed by atoms with Gasteiger partial charge in [-0.25, -0.2) is 0 Å². The van der Waals surface area contributed by atoms with Crippen LogP contribution in [0.25, 0.3) is 0 Å². The van der Waals surface area contributed by atoms with Gasteiger partial charge in [-0.1, -0.05) is 53.1 Å². The van der Waals surface area contributed by atoms with Gasteiger partial charge in [-0.15, -0.1) is 0 Å². The molecule has 0 spiro atoms. The number of nitrogens with one attached hydrogen (secondary N) is 1. The van der Waals surface area contributed by atoms with E-state index >= 15 is 0 Å². The van der Waals surface area contributed by atoms with E-state index < -0.39 is 22.9 Å². The lowest BCUT2D eigenvalue weighted by atomic mass is 9.79. The van der Waals surface area contributed by atoms with Crippen LogP contribution in [0.15, 0.2) is 6.07 Å². The summed E-state index contributed by atoms with van der Waals surface area (Å²) >= 11 is 6.17. The number of carbonyl (C=O) groups is 1. The Morgan fingerprint density at radius 1 is 1.09 bits per heavy atom. The van der Waals surface area contributed by atoms with Gasteiger partial charge in [0, 0.05) is 11.1 Å². The molecule has 0 radical (unpaired) electrons. The SMILES string of the molecule is CC(C)(C)c1cc(NC(=O)C(F)(F)F)c(Cl)c(C(C)(C)C)c1O. The molecule has 1 aromatic carbocycles. The van der Waals surface area contributed by atoms with Crippen molar-refractivity contribution in [2.24, 2.45) is 0 Å². The van der Waals surface area contributed by atoms with Crippen LogP contribution in [-0.4, -0.2) is 17.2 Å². The van der Waals surface area contributed by atoms with E-state index in [-0.39, 0.29) is 16.5 Å². The average molecular weight is 352 g/mol. The number of hydrogen-bond acceptors (Lipinski definition) is 2. The van der Waals surface area contributed by atoms with Crippen molar-refractivity contribution < 1.29 is 23.1 Å². The number of phenolic OH excluding ortho intramolecular Hbond substituents is 1. The summed E-state index contributed by atoms with van der Waals surface area (Å²) < 4.78 is 37.5. The number of amides is 1. The number of rotatable bonds is 1. The Morgan fingerprint density at radius 2 is 1.57 bits per heavy atom. The smallest absolute Gasteiger partial charge is 0.471 e. The van der Waals surface area contributed by atoms with Gasteiger partial charge in [0.15, 0.2) is 0 Å². The molecule has 1 rings (SSSR count). The van der Waals surface area contributed by atoms with Crippen molar-refractivity contribution >= 4 is 23.2 Å². The predicted molar refractivity (Wildman–Crippen MR) is 85.2 cm³/mol. The summed E-state index contributed by atoms with van der Waals surface area (Å²) in [6.45, 7) is 10.7. The van der Waals surface area contributed by atoms with E-state index in [1.807, 2.05) is 0 Å². The lowest BCUT2D eigenvalue weighted by Gasteiger charge is -2.29. The van der Waals surface area contributed by atoms with E-state index in [4.69, 9.17) is 11.6 Å². The highest BCUT2D eigenvalue weighted by Gasteiger charge is 2.40. The molecule has 0 fully saturated rings. The van der Waals surface area contributed by atoms with Crippen molar-refractivity contribution in [3.8, 4) is 5.75 Å². The van der Waals surface area contributed by atoms with Crippen LogP contribution in [0, 0.1) is 0 Å². The normalized spacial score (nSPS) is 13.1. The zero-order chi connectivity index (χ0) is 18.4. The number of phenols is 1. The van der Waals surface area contributed by atoms with Crippen LogP contribution in [-0.2, 0) is 15.6 Å². The molecule has 0 aromatic heterocycles. The second kappa shape index (κ2) is 5.89. The zero-order valence-corrected chi connectivity index (χ0v) is 14.7. The molecule has 0 aliphatic carbocycles. The highest BCUT2D eigenvalue weighted by atomic mass is 35.5. The van der Waals surface area contributed by atoms with E-state index in [1.165, 1.54) is 6.07 Å². The molecule has 0 saturated heterocycles. The van der Waals surface area contributed by atoms with Crippen molar-refractivity contribution in [2.45, 2.75) is 58.5 Å². The fraction of sp³-hybridized carbons (Fsp3) is 0.562. The molecule has 23 heavy (non-hydrogen) atoms. The highest BCUT2D eigenvalue weighted by Crippen LogP contribution is 2.46. The molecule has 0 atom stereocenters. The van der Waals surface area contributed by atoms with Gasteiger partial charge in [0.25, 0.3) is 0 Å². The lowest BCUT2D eigenvalue weighted by Crippen LogP contribution is -2.30. The van der Waals surface area contributed by atoms with Gasteiger partial charge in [-0.3, -0.25) is 4.79 Å². The van der Waals surface area contributed by atoms with Crippen LogP contribution >= 0.6 is 11.6 Å². The predicted octanol–water partition coefficient (Wildman–Crippen LogP) is 5.14.